The van der Waals surface area contributed by atoms with Gasteiger partial charge in [-0.1, -0.05) is 0 Å². The van der Waals surface area contributed by atoms with Gasteiger partial charge in [-0.25, -0.2) is 9.97 Å². The van der Waals surface area contributed by atoms with Crippen molar-refractivity contribution in [2.24, 2.45) is 0 Å². The number of anilines is 1. The summed E-state index contributed by atoms with van der Waals surface area (Å²) in [5.74, 6) is 0.178. The van der Waals surface area contributed by atoms with Crippen molar-refractivity contribution in [1.29, 1.82) is 0 Å². The lowest BCUT2D eigenvalue weighted by Crippen LogP contribution is -2.15. The number of aliphatic hydroxyl groups excluding tert-OH is 1. The van der Waals surface area contributed by atoms with Gasteiger partial charge in [-0.2, -0.15) is 4.98 Å². The molecule has 8 heteroatoms. The van der Waals surface area contributed by atoms with Crippen molar-refractivity contribution in [2.75, 3.05) is 18.9 Å². The number of rotatable bonds is 2. The van der Waals surface area contributed by atoms with E-state index in [4.69, 9.17) is 20.3 Å². The first-order valence-corrected chi connectivity index (χ1v) is 5.11. The van der Waals surface area contributed by atoms with Crippen LogP contribution < -0.4 is 5.73 Å². The minimum Gasteiger partial charge on any atom is -0.391 e. The van der Waals surface area contributed by atoms with Crippen LogP contribution in [0.1, 0.15) is 6.23 Å². The van der Waals surface area contributed by atoms with Crippen LogP contribution in [0.5, 0.6) is 0 Å². The van der Waals surface area contributed by atoms with Gasteiger partial charge >= 0.3 is 0 Å². The fourth-order valence-electron chi connectivity index (χ4n) is 1.74. The van der Waals surface area contributed by atoms with E-state index < -0.39 is 6.29 Å². The first-order valence-electron chi connectivity index (χ1n) is 5.11. The fraction of sp³-hybridized carbons (Fsp3) is 0.444. The minimum absolute atomic E-state index is 0.178. The van der Waals surface area contributed by atoms with E-state index >= 15 is 0 Å². The van der Waals surface area contributed by atoms with Crippen molar-refractivity contribution < 1.29 is 14.6 Å². The molecule has 2 aromatic heterocycles. The van der Waals surface area contributed by atoms with E-state index in [1.807, 2.05) is 0 Å². The van der Waals surface area contributed by atoms with Crippen LogP contribution >= 0.6 is 0 Å². The van der Waals surface area contributed by atoms with Crippen LogP contribution in [0.4, 0.5) is 5.95 Å². The summed E-state index contributed by atoms with van der Waals surface area (Å²) in [7, 11) is 0. The topological polar surface area (TPSA) is 108 Å². The van der Waals surface area contributed by atoms with Crippen LogP contribution in [0.15, 0.2) is 12.5 Å². The van der Waals surface area contributed by atoms with Gasteiger partial charge in [0.05, 0.1) is 25.7 Å². The van der Waals surface area contributed by atoms with Gasteiger partial charge in [0.15, 0.2) is 18.2 Å². The highest BCUT2D eigenvalue weighted by atomic mass is 16.7. The van der Waals surface area contributed by atoms with Crippen molar-refractivity contribution >= 4 is 17.1 Å². The van der Waals surface area contributed by atoms with Gasteiger partial charge in [0.25, 0.3) is 0 Å². The molecule has 0 radical (unpaired) electrons. The maximum Gasteiger partial charge on any atom is 0.222 e. The number of nitrogens with zero attached hydrogens (tertiary/aromatic N) is 4. The molecule has 1 fully saturated rings. The molecule has 0 aliphatic carbocycles. The van der Waals surface area contributed by atoms with Crippen LogP contribution in [0.2, 0.25) is 0 Å². The highest BCUT2D eigenvalue weighted by Gasteiger charge is 2.28. The fourth-order valence-corrected chi connectivity index (χ4v) is 1.74. The van der Waals surface area contributed by atoms with Crippen LogP contribution in [-0.2, 0) is 9.47 Å². The summed E-state index contributed by atoms with van der Waals surface area (Å²) in [6.07, 6.45) is 2.18. The third-order valence-corrected chi connectivity index (χ3v) is 2.53. The Morgan fingerprint density at radius 3 is 3.18 bits per heavy atom. The van der Waals surface area contributed by atoms with E-state index in [1.54, 1.807) is 17.1 Å². The molecule has 0 bridgehead atoms. The van der Waals surface area contributed by atoms with Gasteiger partial charge in [-0.3, -0.25) is 4.57 Å². The molecule has 90 valence electrons. The highest BCUT2D eigenvalue weighted by molar-refractivity contribution is 5.70. The average Bonchev–Trinajstić information content (AvgIpc) is 2.93. The largest absolute Gasteiger partial charge is 0.391 e. The molecule has 17 heavy (non-hydrogen) atoms. The van der Waals surface area contributed by atoms with Crippen molar-refractivity contribution in [1.82, 2.24) is 19.5 Å². The Labute approximate surface area is 96.0 Å². The molecule has 1 unspecified atom stereocenters. The molecule has 2 aromatic rings. The Hall–Kier alpha value is -1.77. The summed E-state index contributed by atoms with van der Waals surface area (Å²) in [5, 5.41) is 8.92. The zero-order valence-electron chi connectivity index (χ0n) is 8.85. The summed E-state index contributed by atoms with van der Waals surface area (Å²) in [5.41, 5.74) is 6.75. The number of imidazole rings is 1. The second-order valence-corrected chi connectivity index (χ2v) is 3.63. The molecule has 1 saturated heterocycles. The molecule has 1 aliphatic heterocycles. The maximum atomic E-state index is 8.92. The number of nitrogen functional groups attached to an aromatic ring is 1. The smallest absolute Gasteiger partial charge is 0.222 e. The molecular weight excluding hydrogens is 226 g/mol. The molecule has 3 N–H and O–H groups in total. The van der Waals surface area contributed by atoms with Crippen molar-refractivity contribution in [3.63, 3.8) is 0 Å². The third-order valence-electron chi connectivity index (χ3n) is 2.53. The third kappa shape index (κ3) is 1.71. The molecule has 2 atom stereocenters. The van der Waals surface area contributed by atoms with Crippen molar-refractivity contribution in [2.45, 2.75) is 12.5 Å². The van der Waals surface area contributed by atoms with Crippen LogP contribution in [0.3, 0.4) is 0 Å². The Morgan fingerprint density at radius 2 is 2.41 bits per heavy atom. The lowest BCUT2D eigenvalue weighted by atomic mass is 10.5. The minimum atomic E-state index is -0.600. The molecule has 0 spiro atoms. The van der Waals surface area contributed by atoms with Gasteiger partial charge in [0.1, 0.15) is 5.52 Å². The van der Waals surface area contributed by atoms with E-state index in [0.717, 1.165) is 0 Å². The first kappa shape index (κ1) is 10.4. The number of hydrogen-bond acceptors (Lipinski definition) is 7. The van der Waals surface area contributed by atoms with Gasteiger partial charge < -0.3 is 20.3 Å². The van der Waals surface area contributed by atoms with Gasteiger partial charge in [0, 0.05) is 0 Å². The number of fused-ring (bicyclic) bond motifs is 1. The first-order chi connectivity index (χ1) is 8.28. The molecule has 8 nitrogen and oxygen atoms in total. The second kappa shape index (κ2) is 3.91. The van der Waals surface area contributed by atoms with Crippen molar-refractivity contribution in [3.05, 3.63) is 12.5 Å². The van der Waals surface area contributed by atoms with Crippen molar-refractivity contribution in [3.8, 4) is 0 Å². The van der Waals surface area contributed by atoms with Gasteiger partial charge in [-0.05, 0) is 0 Å². The number of nitrogens with two attached hydrogens (primary N) is 1. The highest BCUT2D eigenvalue weighted by Crippen LogP contribution is 2.24. The summed E-state index contributed by atoms with van der Waals surface area (Å²) >= 11 is 0. The SMILES string of the molecule is Nc1ncc2ncn(C3CO[C@H](CO)O3)c2n1. The predicted octanol–water partition coefficient (Wildman–Crippen LogP) is -0.728. The lowest BCUT2D eigenvalue weighted by Gasteiger charge is -2.11. The van der Waals surface area contributed by atoms with E-state index in [0.29, 0.717) is 17.8 Å². The van der Waals surface area contributed by atoms with Gasteiger partial charge in [0.2, 0.25) is 5.95 Å². The van der Waals surface area contributed by atoms with E-state index in [9.17, 15) is 0 Å². The van der Waals surface area contributed by atoms with Gasteiger partial charge in [-0.15, -0.1) is 0 Å². The van der Waals surface area contributed by atoms with Crippen LogP contribution in [0, 0.1) is 0 Å². The van der Waals surface area contributed by atoms with E-state index in [1.165, 1.54) is 0 Å². The number of hydrogen-bond donors (Lipinski definition) is 2. The Balaban J connectivity index is 1.98. The number of aliphatic hydroxyl groups is 1. The zero-order valence-corrected chi connectivity index (χ0v) is 8.85. The number of aromatic nitrogens is 4. The summed E-state index contributed by atoms with van der Waals surface area (Å²) in [4.78, 5) is 12.1. The predicted molar refractivity (Wildman–Crippen MR) is 56.7 cm³/mol. The number of ether oxygens (including phenoxy) is 2. The molecule has 1 aliphatic rings. The zero-order chi connectivity index (χ0) is 11.8. The van der Waals surface area contributed by atoms with E-state index in [-0.39, 0.29) is 18.8 Å². The monoisotopic (exact) mass is 237 g/mol. The second-order valence-electron chi connectivity index (χ2n) is 3.63. The molecular formula is C9H11N5O3. The molecule has 3 rings (SSSR count). The summed E-state index contributed by atoms with van der Waals surface area (Å²) in [6, 6.07) is 0. The Bertz CT molecular complexity index is 542. The normalized spacial score (nSPS) is 24.5. The molecule has 3 heterocycles. The van der Waals surface area contributed by atoms with E-state index in [2.05, 4.69) is 15.0 Å². The summed E-state index contributed by atoms with van der Waals surface area (Å²) < 4.78 is 12.4. The molecule has 0 amide bonds. The lowest BCUT2D eigenvalue weighted by molar-refractivity contribution is -0.0980. The van der Waals surface area contributed by atoms with Crippen LogP contribution in [0.25, 0.3) is 11.2 Å². The maximum absolute atomic E-state index is 8.92. The van der Waals surface area contributed by atoms with Crippen LogP contribution in [-0.4, -0.2) is 44.1 Å². The molecule has 0 aromatic carbocycles. The average molecular weight is 237 g/mol. The Kier molecular flexibility index (Phi) is 2.39. The Morgan fingerprint density at radius 1 is 1.53 bits per heavy atom. The standard InChI is InChI=1S/C9H11N5O3/c10-9-11-1-5-8(13-9)14(4-12-5)6-3-16-7(2-15)17-6/h1,4,6-7,15H,2-3H2,(H2,10,11,13)/t6?,7-/m0/s1. The molecule has 0 saturated carbocycles. The quantitative estimate of drug-likeness (QED) is 0.708. The summed E-state index contributed by atoms with van der Waals surface area (Å²) in [6.45, 7) is 0.154.